The summed E-state index contributed by atoms with van der Waals surface area (Å²) in [6, 6.07) is 2.02. The Labute approximate surface area is 94.0 Å². The number of nitrogens with two attached hydrogens (primary N) is 1. The molecular formula is C8H9I2N. The zero-order valence-corrected chi connectivity index (χ0v) is 10.7. The molecule has 1 aromatic rings. The summed E-state index contributed by atoms with van der Waals surface area (Å²) < 4.78 is 2.43. The minimum atomic E-state index is 0.887. The van der Waals surface area contributed by atoms with Crippen molar-refractivity contribution in [2.45, 2.75) is 13.8 Å². The number of nitrogen functional groups attached to an aromatic ring is 1. The molecule has 1 nitrogen and oxygen atoms in total. The average molecular weight is 373 g/mol. The van der Waals surface area contributed by atoms with E-state index in [1.54, 1.807) is 0 Å². The fourth-order valence-corrected chi connectivity index (χ4v) is 2.17. The number of benzene rings is 1. The van der Waals surface area contributed by atoms with Gasteiger partial charge in [0.15, 0.2) is 0 Å². The van der Waals surface area contributed by atoms with Crippen LogP contribution in [0.25, 0.3) is 0 Å². The van der Waals surface area contributed by atoms with E-state index in [0.717, 1.165) is 5.69 Å². The Morgan fingerprint density at radius 2 is 1.73 bits per heavy atom. The second kappa shape index (κ2) is 3.47. The van der Waals surface area contributed by atoms with E-state index in [9.17, 15) is 0 Å². The summed E-state index contributed by atoms with van der Waals surface area (Å²) in [6.07, 6.45) is 0. The first-order chi connectivity index (χ1) is 5.04. The van der Waals surface area contributed by atoms with E-state index in [1.807, 2.05) is 6.07 Å². The zero-order valence-electron chi connectivity index (χ0n) is 6.41. The molecular weight excluding hydrogens is 364 g/mol. The Kier molecular flexibility index (Phi) is 3.02. The maximum Gasteiger partial charge on any atom is 0.0463 e. The summed E-state index contributed by atoms with van der Waals surface area (Å²) in [5, 5.41) is 0. The lowest BCUT2D eigenvalue weighted by atomic mass is 10.1. The topological polar surface area (TPSA) is 26.0 Å². The second-order valence-electron chi connectivity index (χ2n) is 2.51. The SMILES string of the molecule is Cc1c(I)cc(N)c(I)c1C. The molecule has 0 fully saturated rings. The van der Waals surface area contributed by atoms with E-state index in [4.69, 9.17) is 5.73 Å². The first-order valence-electron chi connectivity index (χ1n) is 3.24. The van der Waals surface area contributed by atoms with Gasteiger partial charge >= 0.3 is 0 Å². The minimum absolute atomic E-state index is 0.887. The van der Waals surface area contributed by atoms with Crippen LogP contribution in [0.15, 0.2) is 6.07 Å². The van der Waals surface area contributed by atoms with Crippen LogP contribution in [-0.2, 0) is 0 Å². The lowest BCUT2D eigenvalue weighted by molar-refractivity contribution is 1.29. The van der Waals surface area contributed by atoms with Crippen molar-refractivity contribution in [1.29, 1.82) is 0 Å². The van der Waals surface area contributed by atoms with E-state index in [2.05, 4.69) is 59.0 Å². The predicted molar refractivity (Wildman–Crippen MR) is 65.8 cm³/mol. The Bertz CT molecular complexity index is 268. The van der Waals surface area contributed by atoms with Crippen molar-refractivity contribution in [1.82, 2.24) is 0 Å². The third-order valence-corrected chi connectivity index (χ3v) is 4.34. The van der Waals surface area contributed by atoms with E-state index in [0.29, 0.717) is 0 Å². The second-order valence-corrected chi connectivity index (χ2v) is 4.75. The molecule has 0 aliphatic rings. The van der Waals surface area contributed by atoms with E-state index < -0.39 is 0 Å². The molecule has 11 heavy (non-hydrogen) atoms. The molecule has 2 N–H and O–H groups in total. The average Bonchev–Trinajstić information content (AvgIpc) is 1.97. The van der Waals surface area contributed by atoms with Crippen molar-refractivity contribution >= 4 is 50.9 Å². The monoisotopic (exact) mass is 373 g/mol. The molecule has 1 aromatic carbocycles. The molecule has 0 aliphatic carbocycles. The number of hydrogen-bond donors (Lipinski definition) is 1. The molecule has 0 aliphatic heterocycles. The molecule has 0 bridgehead atoms. The van der Waals surface area contributed by atoms with Gasteiger partial charge in [0.05, 0.1) is 0 Å². The fraction of sp³-hybridized carbons (Fsp3) is 0.250. The predicted octanol–water partition coefficient (Wildman–Crippen LogP) is 3.09. The normalized spacial score (nSPS) is 10.2. The molecule has 0 saturated carbocycles. The first kappa shape index (κ1) is 9.57. The summed E-state index contributed by atoms with van der Waals surface area (Å²) >= 11 is 4.59. The van der Waals surface area contributed by atoms with Gasteiger partial charge in [-0.15, -0.1) is 0 Å². The molecule has 0 radical (unpaired) electrons. The van der Waals surface area contributed by atoms with Gasteiger partial charge in [-0.25, -0.2) is 0 Å². The Morgan fingerprint density at radius 3 is 2.27 bits per heavy atom. The zero-order chi connectivity index (χ0) is 8.59. The molecule has 0 saturated heterocycles. The third kappa shape index (κ3) is 1.80. The van der Waals surface area contributed by atoms with Gasteiger partial charge in [0.25, 0.3) is 0 Å². The van der Waals surface area contributed by atoms with Crippen molar-refractivity contribution in [2.75, 3.05) is 5.73 Å². The maximum absolute atomic E-state index is 5.78. The van der Waals surface area contributed by atoms with Crippen LogP contribution >= 0.6 is 45.2 Å². The standard InChI is InChI=1S/C8H9I2N/c1-4-5(2)8(10)7(11)3-6(4)9/h3H,11H2,1-2H3. The smallest absolute Gasteiger partial charge is 0.0463 e. The highest BCUT2D eigenvalue weighted by Gasteiger charge is 2.05. The fourth-order valence-electron chi connectivity index (χ4n) is 0.868. The molecule has 0 spiro atoms. The van der Waals surface area contributed by atoms with Crippen LogP contribution in [-0.4, -0.2) is 0 Å². The molecule has 3 heteroatoms. The van der Waals surface area contributed by atoms with Crippen molar-refractivity contribution in [3.05, 3.63) is 24.3 Å². The van der Waals surface area contributed by atoms with Gasteiger partial charge < -0.3 is 5.73 Å². The quantitative estimate of drug-likeness (QED) is 0.549. The van der Waals surface area contributed by atoms with Gasteiger partial charge in [-0.3, -0.25) is 0 Å². The lowest BCUT2D eigenvalue weighted by Crippen LogP contribution is -1.96. The van der Waals surface area contributed by atoms with Crippen molar-refractivity contribution in [3.8, 4) is 0 Å². The van der Waals surface area contributed by atoms with Crippen molar-refractivity contribution < 1.29 is 0 Å². The van der Waals surface area contributed by atoms with Gasteiger partial charge in [0.1, 0.15) is 0 Å². The third-order valence-electron chi connectivity index (χ3n) is 1.79. The number of rotatable bonds is 0. The molecule has 60 valence electrons. The molecule has 0 amide bonds. The van der Waals surface area contributed by atoms with Crippen LogP contribution in [0.1, 0.15) is 11.1 Å². The van der Waals surface area contributed by atoms with E-state index >= 15 is 0 Å². The van der Waals surface area contributed by atoms with Gasteiger partial charge in [-0.05, 0) is 76.2 Å². The summed E-state index contributed by atoms with van der Waals surface area (Å²) in [4.78, 5) is 0. The first-order valence-corrected chi connectivity index (χ1v) is 5.40. The van der Waals surface area contributed by atoms with Crippen molar-refractivity contribution in [3.63, 3.8) is 0 Å². The van der Waals surface area contributed by atoms with Crippen molar-refractivity contribution in [2.24, 2.45) is 0 Å². The maximum atomic E-state index is 5.78. The summed E-state index contributed by atoms with van der Waals surface area (Å²) in [7, 11) is 0. The molecule has 0 unspecified atom stereocenters. The Morgan fingerprint density at radius 1 is 1.18 bits per heavy atom. The van der Waals surface area contributed by atoms with Crippen LogP contribution in [0.5, 0.6) is 0 Å². The largest absolute Gasteiger partial charge is 0.398 e. The van der Waals surface area contributed by atoms with Crippen LogP contribution in [0.4, 0.5) is 5.69 Å². The van der Waals surface area contributed by atoms with Crippen LogP contribution in [0.2, 0.25) is 0 Å². The Balaban J connectivity index is 3.46. The molecule has 0 heterocycles. The number of hydrogen-bond acceptors (Lipinski definition) is 1. The molecule has 0 atom stereocenters. The van der Waals surface area contributed by atoms with Gasteiger partial charge in [-0.1, -0.05) is 0 Å². The van der Waals surface area contributed by atoms with Gasteiger partial charge in [-0.2, -0.15) is 0 Å². The highest BCUT2D eigenvalue weighted by molar-refractivity contribution is 14.1. The molecule has 0 aromatic heterocycles. The van der Waals surface area contributed by atoms with Gasteiger partial charge in [0.2, 0.25) is 0 Å². The number of anilines is 1. The summed E-state index contributed by atoms with van der Waals surface area (Å²) in [6.45, 7) is 4.23. The van der Waals surface area contributed by atoms with Gasteiger partial charge in [0, 0.05) is 12.8 Å². The lowest BCUT2D eigenvalue weighted by Gasteiger charge is -2.07. The Hall–Kier alpha value is 0.480. The van der Waals surface area contributed by atoms with Crippen LogP contribution < -0.4 is 5.73 Å². The summed E-state index contributed by atoms with van der Waals surface area (Å²) in [5.74, 6) is 0. The highest BCUT2D eigenvalue weighted by Crippen LogP contribution is 2.26. The summed E-state index contributed by atoms with van der Waals surface area (Å²) in [5.41, 5.74) is 9.30. The minimum Gasteiger partial charge on any atom is -0.398 e. The van der Waals surface area contributed by atoms with E-state index in [1.165, 1.54) is 18.3 Å². The van der Waals surface area contributed by atoms with E-state index in [-0.39, 0.29) is 0 Å². The van der Waals surface area contributed by atoms with Crippen LogP contribution in [0, 0.1) is 21.0 Å². The number of halogens is 2. The highest BCUT2D eigenvalue weighted by atomic mass is 127. The van der Waals surface area contributed by atoms with Crippen LogP contribution in [0.3, 0.4) is 0 Å². The molecule has 1 rings (SSSR count).